The Morgan fingerprint density at radius 3 is 2.48 bits per heavy atom. The molecule has 0 saturated carbocycles. The van der Waals surface area contributed by atoms with Crippen LogP contribution in [0.4, 0.5) is 0 Å². The first-order valence-corrected chi connectivity index (χ1v) is 10.8. The summed E-state index contributed by atoms with van der Waals surface area (Å²) in [5.74, 6) is 2.04. The number of allylic oxidation sites excluding steroid dienone is 1. The highest BCUT2D eigenvalue weighted by Crippen LogP contribution is 2.27. The van der Waals surface area contributed by atoms with Crippen molar-refractivity contribution in [2.75, 3.05) is 13.2 Å². The molecule has 156 valence electrons. The van der Waals surface area contributed by atoms with Crippen molar-refractivity contribution in [2.45, 2.75) is 39.5 Å². The molecule has 0 radical (unpaired) electrons. The van der Waals surface area contributed by atoms with E-state index >= 15 is 0 Å². The summed E-state index contributed by atoms with van der Waals surface area (Å²) in [6.07, 6.45) is 5.97. The van der Waals surface area contributed by atoms with Gasteiger partial charge in [0.2, 0.25) is 0 Å². The van der Waals surface area contributed by atoms with Crippen molar-refractivity contribution in [1.82, 2.24) is 0 Å². The van der Waals surface area contributed by atoms with Crippen LogP contribution in [0.5, 0.6) is 17.2 Å². The van der Waals surface area contributed by atoms with Gasteiger partial charge in [-0.1, -0.05) is 26.3 Å². The SMILES string of the molecule is C=CCCCCOc1ccc(C(=O)Oc2ccc(OC[C@@H](C)CC)cc2)cc1Br. The number of benzene rings is 2. The predicted molar refractivity (Wildman–Crippen MR) is 120 cm³/mol. The van der Waals surface area contributed by atoms with Crippen molar-refractivity contribution < 1.29 is 19.0 Å². The minimum atomic E-state index is -0.420. The van der Waals surface area contributed by atoms with Crippen LogP contribution in [0.1, 0.15) is 49.9 Å². The van der Waals surface area contributed by atoms with Gasteiger partial charge in [-0.05, 0) is 83.6 Å². The molecule has 29 heavy (non-hydrogen) atoms. The maximum absolute atomic E-state index is 12.4. The van der Waals surface area contributed by atoms with Crippen LogP contribution in [0.15, 0.2) is 59.6 Å². The fourth-order valence-electron chi connectivity index (χ4n) is 2.44. The second-order valence-corrected chi connectivity index (χ2v) is 7.82. The largest absolute Gasteiger partial charge is 0.493 e. The molecule has 0 aromatic heterocycles. The second-order valence-electron chi connectivity index (χ2n) is 6.96. The first-order chi connectivity index (χ1) is 14.0. The van der Waals surface area contributed by atoms with Crippen molar-refractivity contribution in [3.05, 3.63) is 65.2 Å². The van der Waals surface area contributed by atoms with E-state index in [-0.39, 0.29) is 0 Å². The Labute approximate surface area is 182 Å². The zero-order valence-electron chi connectivity index (χ0n) is 17.2. The fraction of sp³-hybridized carbons (Fsp3) is 0.375. The number of carbonyl (C=O) groups is 1. The van der Waals surface area contributed by atoms with Gasteiger partial charge in [-0.25, -0.2) is 4.79 Å². The maximum Gasteiger partial charge on any atom is 0.343 e. The lowest BCUT2D eigenvalue weighted by Gasteiger charge is -2.12. The number of ether oxygens (including phenoxy) is 3. The molecule has 0 aliphatic carbocycles. The van der Waals surface area contributed by atoms with Gasteiger partial charge in [-0.15, -0.1) is 6.58 Å². The molecule has 1 atom stereocenters. The van der Waals surface area contributed by atoms with Crippen molar-refractivity contribution in [2.24, 2.45) is 5.92 Å². The monoisotopic (exact) mass is 460 g/mol. The standard InChI is InChI=1S/C24H29BrO4/c1-4-6-7-8-15-27-23-14-9-19(16-22(23)25)24(26)29-21-12-10-20(11-13-21)28-17-18(3)5-2/h4,9-14,16,18H,1,5-8,15,17H2,2-3H3/t18-/m0/s1. The van der Waals surface area contributed by atoms with Crippen molar-refractivity contribution in [1.29, 1.82) is 0 Å². The van der Waals surface area contributed by atoms with Gasteiger partial charge in [0.05, 0.1) is 23.2 Å². The van der Waals surface area contributed by atoms with E-state index in [1.54, 1.807) is 30.3 Å². The number of hydrogen-bond donors (Lipinski definition) is 0. The van der Waals surface area contributed by atoms with Crippen LogP contribution in [-0.2, 0) is 0 Å². The molecule has 0 saturated heterocycles. The van der Waals surface area contributed by atoms with Crippen LogP contribution in [0.3, 0.4) is 0 Å². The van der Waals surface area contributed by atoms with Gasteiger partial charge in [0.1, 0.15) is 17.2 Å². The summed E-state index contributed by atoms with van der Waals surface area (Å²) in [6.45, 7) is 9.29. The summed E-state index contributed by atoms with van der Waals surface area (Å²) in [4.78, 5) is 12.4. The molecular formula is C24H29BrO4. The van der Waals surface area contributed by atoms with E-state index in [1.165, 1.54) is 0 Å². The molecule has 0 fully saturated rings. The summed E-state index contributed by atoms with van der Waals surface area (Å²) in [5, 5.41) is 0. The average molecular weight is 461 g/mol. The quantitative estimate of drug-likeness (QED) is 0.150. The molecule has 0 aliphatic rings. The summed E-state index contributed by atoms with van der Waals surface area (Å²) in [7, 11) is 0. The highest BCUT2D eigenvalue weighted by molar-refractivity contribution is 9.10. The van der Waals surface area contributed by atoms with E-state index in [0.29, 0.717) is 36.2 Å². The molecule has 0 N–H and O–H groups in total. The van der Waals surface area contributed by atoms with Gasteiger partial charge in [0.15, 0.2) is 0 Å². The van der Waals surface area contributed by atoms with Crippen molar-refractivity contribution in [3.8, 4) is 17.2 Å². The molecule has 2 rings (SSSR count). The molecule has 0 unspecified atom stereocenters. The molecule has 0 bridgehead atoms. The molecule has 0 heterocycles. The molecule has 0 spiro atoms. The molecule has 2 aromatic carbocycles. The van der Waals surface area contributed by atoms with E-state index in [2.05, 4.69) is 36.4 Å². The summed E-state index contributed by atoms with van der Waals surface area (Å²) in [6, 6.07) is 12.3. The zero-order chi connectivity index (χ0) is 21.1. The summed E-state index contributed by atoms with van der Waals surface area (Å²) in [5.41, 5.74) is 0.452. The Hall–Kier alpha value is -2.27. The lowest BCUT2D eigenvalue weighted by Crippen LogP contribution is -2.09. The van der Waals surface area contributed by atoms with E-state index in [4.69, 9.17) is 14.2 Å². The third kappa shape index (κ3) is 7.94. The van der Waals surface area contributed by atoms with Crippen molar-refractivity contribution >= 4 is 21.9 Å². The Morgan fingerprint density at radius 1 is 1.10 bits per heavy atom. The number of halogens is 1. The van der Waals surface area contributed by atoms with Gasteiger partial charge in [0.25, 0.3) is 0 Å². The fourth-order valence-corrected chi connectivity index (χ4v) is 2.94. The Morgan fingerprint density at radius 2 is 1.83 bits per heavy atom. The first-order valence-electron chi connectivity index (χ1n) is 10.0. The normalized spacial score (nSPS) is 11.6. The molecule has 0 aliphatic heterocycles. The molecular weight excluding hydrogens is 432 g/mol. The Balaban J connectivity index is 1.88. The van der Waals surface area contributed by atoms with Crippen molar-refractivity contribution in [3.63, 3.8) is 0 Å². The molecule has 5 heteroatoms. The number of esters is 1. The average Bonchev–Trinajstić information content (AvgIpc) is 2.73. The second kappa shape index (κ2) is 12.3. The topological polar surface area (TPSA) is 44.8 Å². The van der Waals surface area contributed by atoms with E-state index in [1.807, 2.05) is 18.2 Å². The summed E-state index contributed by atoms with van der Waals surface area (Å²) >= 11 is 3.46. The summed E-state index contributed by atoms with van der Waals surface area (Å²) < 4.78 is 17.7. The van der Waals surface area contributed by atoms with E-state index in [0.717, 1.165) is 35.9 Å². The number of rotatable bonds is 12. The van der Waals surface area contributed by atoms with Crippen LogP contribution in [0, 0.1) is 5.92 Å². The van der Waals surface area contributed by atoms with Crippen LogP contribution in [-0.4, -0.2) is 19.2 Å². The van der Waals surface area contributed by atoms with Crippen LogP contribution in [0.2, 0.25) is 0 Å². The minimum Gasteiger partial charge on any atom is -0.493 e. The smallest absolute Gasteiger partial charge is 0.343 e. The highest BCUT2D eigenvalue weighted by atomic mass is 79.9. The Bertz CT molecular complexity index is 786. The zero-order valence-corrected chi connectivity index (χ0v) is 18.7. The van der Waals surface area contributed by atoms with E-state index < -0.39 is 5.97 Å². The lowest BCUT2D eigenvalue weighted by molar-refractivity contribution is 0.0734. The lowest BCUT2D eigenvalue weighted by atomic mass is 10.1. The number of carbonyl (C=O) groups excluding carboxylic acids is 1. The Kier molecular flexibility index (Phi) is 9.78. The minimum absolute atomic E-state index is 0.420. The molecule has 2 aromatic rings. The van der Waals surface area contributed by atoms with Crippen LogP contribution >= 0.6 is 15.9 Å². The number of hydrogen-bond acceptors (Lipinski definition) is 4. The first kappa shape index (κ1) is 23.0. The van der Waals surface area contributed by atoms with Gasteiger partial charge in [-0.3, -0.25) is 0 Å². The van der Waals surface area contributed by atoms with Crippen LogP contribution < -0.4 is 14.2 Å². The van der Waals surface area contributed by atoms with Gasteiger partial charge < -0.3 is 14.2 Å². The molecule has 0 amide bonds. The van der Waals surface area contributed by atoms with Gasteiger partial charge in [-0.2, -0.15) is 0 Å². The number of unbranched alkanes of at least 4 members (excludes halogenated alkanes) is 2. The van der Waals surface area contributed by atoms with Gasteiger partial charge >= 0.3 is 5.97 Å². The van der Waals surface area contributed by atoms with Gasteiger partial charge in [0, 0.05) is 0 Å². The van der Waals surface area contributed by atoms with E-state index in [9.17, 15) is 4.79 Å². The van der Waals surface area contributed by atoms with Crippen LogP contribution in [0.25, 0.3) is 0 Å². The maximum atomic E-state index is 12.4. The predicted octanol–water partition coefficient (Wildman–Crippen LogP) is 6.83. The third-order valence-corrected chi connectivity index (χ3v) is 5.11. The highest BCUT2D eigenvalue weighted by Gasteiger charge is 2.12. The molecule has 4 nitrogen and oxygen atoms in total. The third-order valence-electron chi connectivity index (χ3n) is 4.49.